The molecule has 0 heterocycles. The van der Waals surface area contributed by atoms with Crippen LogP contribution in [0.25, 0.3) is 0 Å². The van der Waals surface area contributed by atoms with Crippen molar-refractivity contribution >= 4 is 17.4 Å². The molecule has 2 nitrogen and oxygen atoms in total. The molecule has 6 heteroatoms. The molecular weight excluding hydrogens is 180 g/mol. The Hall–Kier alpha value is 2.06. The molecule has 0 aliphatic heterocycles. The molecule has 0 spiro atoms. The molecule has 0 aliphatic carbocycles. The topological polar surface area (TPSA) is 57.0 Å². The second-order valence-corrected chi connectivity index (χ2v) is 0. The van der Waals surface area contributed by atoms with Crippen molar-refractivity contribution in [3.63, 3.8) is 0 Å². The first-order chi connectivity index (χ1) is 0. The monoisotopic (exact) mass is 179 g/mol. The van der Waals surface area contributed by atoms with E-state index in [1.165, 1.54) is 0 Å². The maximum atomic E-state index is 0. The summed E-state index contributed by atoms with van der Waals surface area (Å²) < 4.78 is 0. The van der Waals surface area contributed by atoms with Crippen molar-refractivity contribution in [1.82, 2.24) is 0 Å². The van der Waals surface area contributed by atoms with Gasteiger partial charge in [0.25, 0.3) is 0 Å². The Balaban J connectivity index is 0. The van der Waals surface area contributed by atoms with Gasteiger partial charge in [-0.25, -0.2) is 0 Å². The van der Waals surface area contributed by atoms with Gasteiger partial charge in [-0.15, -0.1) is 0 Å². The summed E-state index contributed by atoms with van der Waals surface area (Å²) in [7, 11) is 0. The van der Waals surface area contributed by atoms with Crippen molar-refractivity contribution in [1.29, 1.82) is 0 Å². The summed E-state index contributed by atoms with van der Waals surface area (Å²) in [5.74, 6) is 0. The molecule has 0 aromatic heterocycles. The number of hydrogen-bond donors (Lipinski definition) is 0. The zero-order valence-corrected chi connectivity index (χ0v) is 6.41. The van der Waals surface area contributed by atoms with E-state index in [9.17, 15) is 0 Å². The Kier molecular flexibility index (Phi) is 961. The molecule has 1 radical (unpaired) electrons. The normalized spacial score (nSPS) is 0. The van der Waals surface area contributed by atoms with Crippen LogP contribution in [0.5, 0.6) is 0 Å². The van der Waals surface area contributed by atoms with Crippen LogP contribution < -0.4 is 18.9 Å². The van der Waals surface area contributed by atoms with Gasteiger partial charge in [-0.3, -0.25) is 0 Å². The molecular formula is AlLiMnNiO2. The van der Waals surface area contributed by atoms with E-state index in [4.69, 9.17) is 0 Å². The van der Waals surface area contributed by atoms with Gasteiger partial charge >= 0.3 is 36.2 Å². The van der Waals surface area contributed by atoms with E-state index in [0.29, 0.717) is 0 Å². The molecule has 0 saturated heterocycles. The standard InChI is InChI=1S/Al.Li.Mn.Ni.2O/q+3;+1;;;2*-2. The van der Waals surface area contributed by atoms with E-state index in [2.05, 4.69) is 0 Å². The van der Waals surface area contributed by atoms with Gasteiger partial charge in [0, 0.05) is 33.6 Å². The van der Waals surface area contributed by atoms with E-state index in [0.717, 1.165) is 0 Å². The average molecular weight is 180 g/mol. The molecule has 0 atom stereocenters. The van der Waals surface area contributed by atoms with Gasteiger partial charge in [0.2, 0.25) is 0 Å². The van der Waals surface area contributed by atoms with Crippen molar-refractivity contribution in [2.75, 3.05) is 0 Å². The molecule has 0 aliphatic rings. The second-order valence-electron chi connectivity index (χ2n) is 0. The van der Waals surface area contributed by atoms with Crippen LogP contribution in [0, 0.1) is 0 Å². The smallest absolute Gasteiger partial charge is 2.00 e. The first kappa shape index (κ1) is 94.5. The SMILES string of the molecule is [Al+3].[Li+].[Mn].[Ni].[O-2].[O-2]. The van der Waals surface area contributed by atoms with Gasteiger partial charge in [0.15, 0.2) is 0 Å². The van der Waals surface area contributed by atoms with Crippen molar-refractivity contribution in [2.24, 2.45) is 0 Å². The summed E-state index contributed by atoms with van der Waals surface area (Å²) in [4.78, 5) is 0. The largest absolute Gasteiger partial charge is 3.00 e. The minimum Gasteiger partial charge on any atom is -2.00 e. The van der Waals surface area contributed by atoms with E-state index >= 15 is 0 Å². The first-order valence-electron chi connectivity index (χ1n) is 0. The molecule has 0 N–H and O–H groups in total. The zero-order valence-electron chi connectivity index (χ0n) is 3.09. The number of hydrogen-bond acceptors (Lipinski definition) is 0. The van der Waals surface area contributed by atoms with Crippen LogP contribution in [0.4, 0.5) is 0 Å². The molecule has 0 unspecified atom stereocenters. The summed E-state index contributed by atoms with van der Waals surface area (Å²) in [6.07, 6.45) is 0. The van der Waals surface area contributed by atoms with Crippen LogP contribution in [-0.4, -0.2) is 17.4 Å². The van der Waals surface area contributed by atoms with Gasteiger partial charge in [0.1, 0.15) is 0 Å². The van der Waals surface area contributed by atoms with Crippen LogP contribution in [0.3, 0.4) is 0 Å². The molecule has 33 valence electrons. The average Bonchev–Trinajstić information content (AvgIpc) is 0. The van der Waals surface area contributed by atoms with Crippen LogP contribution >= 0.6 is 0 Å². The predicted octanol–water partition coefficient (Wildman–Crippen LogP) is -3.62. The van der Waals surface area contributed by atoms with E-state index in [1.54, 1.807) is 0 Å². The first-order valence-corrected chi connectivity index (χ1v) is 0. The Morgan fingerprint density at radius 2 is 0.833 bits per heavy atom. The maximum absolute atomic E-state index is 0. The van der Waals surface area contributed by atoms with E-state index in [-0.39, 0.29) is 80.7 Å². The summed E-state index contributed by atoms with van der Waals surface area (Å²) >= 11 is 0. The van der Waals surface area contributed by atoms with Crippen LogP contribution in [-0.2, 0) is 44.5 Å². The van der Waals surface area contributed by atoms with Gasteiger partial charge in [-0.1, -0.05) is 0 Å². The van der Waals surface area contributed by atoms with Crippen molar-refractivity contribution < 1.29 is 63.4 Å². The van der Waals surface area contributed by atoms with Crippen molar-refractivity contribution in [3.8, 4) is 0 Å². The van der Waals surface area contributed by atoms with Gasteiger partial charge in [-0.05, 0) is 0 Å². The molecule has 0 rings (SSSR count). The molecule has 0 aromatic rings. The number of rotatable bonds is 0. The van der Waals surface area contributed by atoms with E-state index in [1.807, 2.05) is 0 Å². The molecule has 0 bridgehead atoms. The fraction of sp³-hybridized carbons (Fsp3) is 0. The van der Waals surface area contributed by atoms with Crippen molar-refractivity contribution in [2.45, 2.75) is 0 Å². The zero-order chi connectivity index (χ0) is 0. The van der Waals surface area contributed by atoms with Crippen LogP contribution in [0.15, 0.2) is 0 Å². The third-order valence-electron chi connectivity index (χ3n) is 0. The molecule has 6 heavy (non-hydrogen) atoms. The summed E-state index contributed by atoms with van der Waals surface area (Å²) in [5, 5.41) is 0. The Morgan fingerprint density at radius 3 is 0.833 bits per heavy atom. The molecule has 0 fully saturated rings. The van der Waals surface area contributed by atoms with Crippen molar-refractivity contribution in [3.05, 3.63) is 0 Å². The van der Waals surface area contributed by atoms with Crippen LogP contribution in [0.1, 0.15) is 0 Å². The minimum absolute atomic E-state index is 0. The molecule has 0 aromatic carbocycles. The Bertz CT molecular complexity index is 13.5. The molecule has 0 saturated carbocycles. The van der Waals surface area contributed by atoms with Gasteiger partial charge in [-0.2, -0.15) is 0 Å². The maximum Gasteiger partial charge on any atom is 3.00 e. The van der Waals surface area contributed by atoms with E-state index < -0.39 is 0 Å². The Morgan fingerprint density at radius 1 is 0.833 bits per heavy atom. The quantitative estimate of drug-likeness (QED) is 0.345. The summed E-state index contributed by atoms with van der Waals surface area (Å²) in [6.45, 7) is 0. The third-order valence-corrected chi connectivity index (χ3v) is 0. The second kappa shape index (κ2) is 61.0. The fourth-order valence-corrected chi connectivity index (χ4v) is 0. The van der Waals surface area contributed by atoms with Gasteiger partial charge < -0.3 is 11.0 Å². The fourth-order valence-electron chi connectivity index (χ4n) is 0. The minimum atomic E-state index is 0. The van der Waals surface area contributed by atoms with Crippen LogP contribution in [0.2, 0.25) is 0 Å². The Labute approximate surface area is 80.1 Å². The molecule has 0 amide bonds. The predicted molar refractivity (Wildman–Crippen MR) is 7.13 cm³/mol. The third kappa shape index (κ3) is 36.5. The summed E-state index contributed by atoms with van der Waals surface area (Å²) in [6, 6.07) is 0. The summed E-state index contributed by atoms with van der Waals surface area (Å²) in [5.41, 5.74) is 0. The van der Waals surface area contributed by atoms with Gasteiger partial charge in [0.05, 0.1) is 0 Å².